The Kier molecular flexibility index (Phi) is 4.52. The highest BCUT2D eigenvalue weighted by molar-refractivity contribution is 7.98. The molecule has 0 unspecified atom stereocenters. The number of fused-ring (bicyclic) bond motifs is 1. The van der Waals surface area contributed by atoms with Crippen LogP contribution in [0.2, 0.25) is 0 Å². The Bertz CT molecular complexity index is 739. The fourth-order valence-corrected chi connectivity index (χ4v) is 2.51. The van der Waals surface area contributed by atoms with Gasteiger partial charge in [0, 0.05) is 10.5 Å². The quantitative estimate of drug-likeness (QED) is 0.477. The molecule has 0 aromatic heterocycles. The summed E-state index contributed by atoms with van der Waals surface area (Å²) in [5.74, 6) is 0.272. The third kappa shape index (κ3) is 3.48. The van der Waals surface area contributed by atoms with Gasteiger partial charge in [-0.25, -0.2) is 4.79 Å². The van der Waals surface area contributed by atoms with Crippen LogP contribution in [-0.2, 0) is 4.74 Å². The van der Waals surface area contributed by atoms with Crippen molar-refractivity contribution in [1.82, 2.24) is 0 Å². The van der Waals surface area contributed by atoms with E-state index in [0.717, 1.165) is 4.90 Å². The minimum Gasteiger partial charge on any atom is -0.454 e. The van der Waals surface area contributed by atoms with Crippen LogP contribution >= 0.6 is 11.8 Å². The standard InChI is InChI=1S/C17H14O5S/c1-23-13-5-2-11(3-6-13)14(18)9-20-17(19)12-4-7-15-16(8-12)22-10-21-15/h2-8H,9-10H2,1H3. The van der Waals surface area contributed by atoms with Gasteiger partial charge in [0.05, 0.1) is 5.56 Å². The molecule has 0 N–H and O–H groups in total. The van der Waals surface area contributed by atoms with Crippen LogP contribution in [-0.4, -0.2) is 31.4 Å². The lowest BCUT2D eigenvalue weighted by atomic mass is 10.1. The largest absolute Gasteiger partial charge is 0.454 e. The van der Waals surface area contributed by atoms with Crippen molar-refractivity contribution in [1.29, 1.82) is 0 Å². The first-order chi connectivity index (χ1) is 11.2. The van der Waals surface area contributed by atoms with Gasteiger partial charge in [0.15, 0.2) is 23.9 Å². The number of ketones is 1. The van der Waals surface area contributed by atoms with Gasteiger partial charge in [-0.3, -0.25) is 4.79 Å². The summed E-state index contributed by atoms with van der Waals surface area (Å²) in [6.45, 7) is -0.162. The molecular formula is C17H14O5S. The molecule has 2 aromatic rings. The van der Waals surface area contributed by atoms with Gasteiger partial charge in [-0.05, 0) is 36.6 Å². The lowest BCUT2D eigenvalue weighted by Crippen LogP contribution is -2.14. The maximum absolute atomic E-state index is 12.0. The summed E-state index contributed by atoms with van der Waals surface area (Å²) >= 11 is 1.60. The lowest BCUT2D eigenvalue weighted by molar-refractivity contribution is 0.0474. The van der Waals surface area contributed by atoms with Gasteiger partial charge >= 0.3 is 5.97 Å². The molecule has 0 saturated heterocycles. The molecule has 0 fully saturated rings. The van der Waals surface area contributed by atoms with Crippen LogP contribution < -0.4 is 9.47 Å². The molecule has 2 aromatic carbocycles. The van der Waals surface area contributed by atoms with E-state index >= 15 is 0 Å². The third-order valence-electron chi connectivity index (χ3n) is 3.35. The fraction of sp³-hybridized carbons (Fsp3) is 0.176. The molecule has 23 heavy (non-hydrogen) atoms. The first-order valence-electron chi connectivity index (χ1n) is 6.91. The van der Waals surface area contributed by atoms with E-state index in [9.17, 15) is 9.59 Å². The van der Waals surface area contributed by atoms with Crippen LogP contribution in [0.5, 0.6) is 11.5 Å². The summed E-state index contributed by atoms with van der Waals surface area (Å²) in [6, 6.07) is 11.9. The average Bonchev–Trinajstić information content (AvgIpc) is 3.07. The van der Waals surface area contributed by atoms with Gasteiger partial charge in [-0.1, -0.05) is 12.1 Å². The van der Waals surface area contributed by atoms with Crippen molar-refractivity contribution in [3.8, 4) is 11.5 Å². The van der Waals surface area contributed by atoms with Crippen molar-refractivity contribution >= 4 is 23.5 Å². The zero-order valence-electron chi connectivity index (χ0n) is 12.4. The Morgan fingerprint density at radius 2 is 1.74 bits per heavy atom. The van der Waals surface area contributed by atoms with E-state index in [4.69, 9.17) is 14.2 Å². The second-order valence-corrected chi connectivity index (χ2v) is 5.68. The number of carbonyl (C=O) groups is 2. The molecule has 3 rings (SSSR count). The van der Waals surface area contributed by atoms with Gasteiger partial charge in [-0.2, -0.15) is 0 Å². The SMILES string of the molecule is CSc1ccc(C(=O)COC(=O)c2ccc3c(c2)OCO3)cc1. The smallest absolute Gasteiger partial charge is 0.338 e. The van der Waals surface area contributed by atoms with E-state index in [0.29, 0.717) is 22.6 Å². The minimum atomic E-state index is -0.572. The molecule has 1 heterocycles. The summed E-state index contributed by atoms with van der Waals surface area (Å²) in [5.41, 5.74) is 0.834. The Hall–Kier alpha value is -2.47. The zero-order chi connectivity index (χ0) is 16.2. The first kappa shape index (κ1) is 15.4. The number of esters is 1. The molecule has 0 saturated carbocycles. The number of rotatable bonds is 5. The number of Topliss-reactive ketones (excluding diaryl/α,β-unsaturated/α-hetero) is 1. The maximum atomic E-state index is 12.0. The van der Waals surface area contributed by atoms with E-state index in [1.165, 1.54) is 0 Å². The molecule has 0 atom stereocenters. The highest BCUT2D eigenvalue weighted by atomic mass is 32.2. The van der Waals surface area contributed by atoms with Gasteiger partial charge in [0.2, 0.25) is 6.79 Å². The molecule has 0 radical (unpaired) electrons. The Morgan fingerprint density at radius 1 is 1.04 bits per heavy atom. The van der Waals surface area contributed by atoms with Crippen molar-refractivity contribution < 1.29 is 23.8 Å². The molecule has 0 amide bonds. The second kappa shape index (κ2) is 6.75. The van der Waals surface area contributed by atoms with Crippen LogP contribution in [0.15, 0.2) is 47.4 Å². The van der Waals surface area contributed by atoms with Crippen LogP contribution in [0, 0.1) is 0 Å². The van der Waals surface area contributed by atoms with Crippen molar-refractivity contribution in [2.45, 2.75) is 4.90 Å². The average molecular weight is 330 g/mol. The summed E-state index contributed by atoms with van der Waals surface area (Å²) in [4.78, 5) is 25.1. The second-order valence-electron chi connectivity index (χ2n) is 4.80. The monoisotopic (exact) mass is 330 g/mol. The molecule has 118 valence electrons. The van der Waals surface area contributed by atoms with Crippen molar-refractivity contribution in [3.05, 3.63) is 53.6 Å². The van der Waals surface area contributed by atoms with Crippen LogP contribution in [0.3, 0.4) is 0 Å². The molecule has 5 nitrogen and oxygen atoms in total. The van der Waals surface area contributed by atoms with Crippen molar-refractivity contribution in [3.63, 3.8) is 0 Å². The predicted octanol–water partition coefficient (Wildman–Crippen LogP) is 3.18. The van der Waals surface area contributed by atoms with E-state index < -0.39 is 5.97 Å². The summed E-state index contributed by atoms with van der Waals surface area (Å²) in [5, 5.41) is 0. The zero-order valence-corrected chi connectivity index (χ0v) is 13.2. The summed E-state index contributed by atoms with van der Waals surface area (Å²) < 4.78 is 15.5. The number of carbonyl (C=O) groups excluding carboxylic acids is 2. The van der Waals surface area contributed by atoms with Gasteiger partial charge in [-0.15, -0.1) is 11.8 Å². The number of ether oxygens (including phenoxy) is 3. The number of thioether (sulfide) groups is 1. The topological polar surface area (TPSA) is 61.8 Å². The van der Waals surface area contributed by atoms with Gasteiger partial charge < -0.3 is 14.2 Å². The molecule has 0 bridgehead atoms. The van der Waals surface area contributed by atoms with E-state index in [-0.39, 0.29) is 19.2 Å². The van der Waals surface area contributed by atoms with Crippen LogP contribution in [0.1, 0.15) is 20.7 Å². The van der Waals surface area contributed by atoms with Crippen molar-refractivity contribution in [2.24, 2.45) is 0 Å². The normalized spacial score (nSPS) is 12.0. The van der Waals surface area contributed by atoms with E-state index in [1.54, 1.807) is 42.1 Å². The number of benzene rings is 2. The first-order valence-corrected chi connectivity index (χ1v) is 8.14. The van der Waals surface area contributed by atoms with Gasteiger partial charge in [0.1, 0.15) is 0 Å². The molecular weight excluding hydrogens is 316 g/mol. The lowest BCUT2D eigenvalue weighted by Gasteiger charge is -2.06. The number of hydrogen-bond acceptors (Lipinski definition) is 6. The van der Waals surface area contributed by atoms with E-state index in [1.807, 2.05) is 18.4 Å². The minimum absolute atomic E-state index is 0.137. The highest BCUT2D eigenvalue weighted by Crippen LogP contribution is 2.32. The summed E-state index contributed by atoms with van der Waals surface area (Å²) in [6.07, 6.45) is 1.96. The Labute approximate surface area is 137 Å². The fourth-order valence-electron chi connectivity index (χ4n) is 2.10. The molecule has 1 aliphatic rings. The maximum Gasteiger partial charge on any atom is 0.338 e. The predicted molar refractivity (Wildman–Crippen MR) is 85.4 cm³/mol. The third-order valence-corrected chi connectivity index (χ3v) is 4.10. The van der Waals surface area contributed by atoms with Gasteiger partial charge in [0.25, 0.3) is 0 Å². The molecule has 1 aliphatic heterocycles. The molecule has 0 spiro atoms. The van der Waals surface area contributed by atoms with Crippen LogP contribution in [0.4, 0.5) is 0 Å². The van der Waals surface area contributed by atoms with Crippen molar-refractivity contribution in [2.75, 3.05) is 19.7 Å². The molecule has 0 aliphatic carbocycles. The summed E-state index contributed by atoms with van der Waals surface area (Å²) in [7, 11) is 0. The van der Waals surface area contributed by atoms with Crippen LogP contribution in [0.25, 0.3) is 0 Å². The molecule has 6 heteroatoms. The Balaban J connectivity index is 1.60. The Morgan fingerprint density at radius 3 is 2.48 bits per heavy atom. The highest BCUT2D eigenvalue weighted by Gasteiger charge is 2.18. The van der Waals surface area contributed by atoms with E-state index in [2.05, 4.69) is 0 Å². The number of hydrogen-bond donors (Lipinski definition) is 0.